The maximum atomic E-state index is 12.6. The van der Waals surface area contributed by atoms with Crippen LogP contribution >= 0.6 is 11.6 Å². The number of carbonyl (C=O) groups is 2. The number of aryl methyl sites for hydroxylation is 1. The van der Waals surface area contributed by atoms with Crippen molar-refractivity contribution in [3.63, 3.8) is 0 Å². The standard InChI is InChI=1S/C22H34ClN5O2/c1-17(2)15-28-22(23)19(18(3)24-28)7-8-20(29)27-13-11-25(12-14-27)16-21(30)26-9-5-4-6-10-26/h7-8,17H,4-6,9-16H2,1-3H3/b8-7+. The van der Waals surface area contributed by atoms with Gasteiger partial charge in [-0.05, 0) is 38.2 Å². The van der Waals surface area contributed by atoms with Gasteiger partial charge in [-0.2, -0.15) is 5.10 Å². The Morgan fingerprint density at radius 1 is 1.03 bits per heavy atom. The highest BCUT2D eigenvalue weighted by atomic mass is 35.5. The smallest absolute Gasteiger partial charge is 0.246 e. The van der Waals surface area contributed by atoms with E-state index < -0.39 is 0 Å². The van der Waals surface area contributed by atoms with E-state index in [2.05, 4.69) is 23.8 Å². The van der Waals surface area contributed by atoms with E-state index in [9.17, 15) is 9.59 Å². The molecule has 0 radical (unpaired) electrons. The lowest BCUT2D eigenvalue weighted by molar-refractivity contribution is -0.134. The summed E-state index contributed by atoms with van der Waals surface area (Å²) in [6, 6.07) is 0. The second-order valence-corrected chi connectivity index (χ2v) is 9.10. The SMILES string of the molecule is Cc1nn(CC(C)C)c(Cl)c1/C=C/C(=O)N1CCN(CC(=O)N2CCCCC2)CC1. The van der Waals surface area contributed by atoms with Crippen molar-refractivity contribution in [3.8, 4) is 0 Å². The first-order chi connectivity index (χ1) is 14.3. The van der Waals surface area contributed by atoms with Crippen molar-refractivity contribution in [1.82, 2.24) is 24.5 Å². The number of hydrogen-bond acceptors (Lipinski definition) is 4. The average Bonchev–Trinajstić information content (AvgIpc) is 2.99. The van der Waals surface area contributed by atoms with Gasteiger partial charge in [-0.25, -0.2) is 0 Å². The Labute approximate surface area is 184 Å². The van der Waals surface area contributed by atoms with Gasteiger partial charge >= 0.3 is 0 Å². The molecular weight excluding hydrogens is 402 g/mol. The number of hydrogen-bond donors (Lipinski definition) is 0. The predicted molar refractivity (Wildman–Crippen MR) is 119 cm³/mol. The fraction of sp³-hybridized carbons (Fsp3) is 0.682. The van der Waals surface area contributed by atoms with Gasteiger partial charge in [0.05, 0.1) is 12.2 Å². The molecule has 0 N–H and O–H groups in total. The minimum absolute atomic E-state index is 0.0240. The van der Waals surface area contributed by atoms with Gasteiger partial charge in [-0.15, -0.1) is 0 Å². The van der Waals surface area contributed by atoms with Crippen LogP contribution in [0.25, 0.3) is 6.08 Å². The van der Waals surface area contributed by atoms with Crippen LogP contribution in [0.2, 0.25) is 5.15 Å². The first kappa shape index (κ1) is 22.8. The quantitative estimate of drug-likeness (QED) is 0.644. The Morgan fingerprint density at radius 2 is 1.70 bits per heavy atom. The molecule has 2 aliphatic heterocycles. The van der Waals surface area contributed by atoms with Crippen molar-refractivity contribution in [2.45, 2.75) is 46.6 Å². The van der Waals surface area contributed by atoms with E-state index in [1.807, 2.05) is 16.7 Å². The largest absolute Gasteiger partial charge is 0.342 e. The number of nitrogens with zero attached hydrogens (tertiary/aromatic N) is 5. The van der Waals surface area contributed by atoms with Crippen LogP contribution in [0.5, 0.6) is 0 Å². The number of halogens is 1. The van der Waals surface area contributed by atoms with Crippen LogP contribution in [-0.2, 0) is 16.1 Å². The third-order valence-corrected chi connectivity index (χ3v) is 6.19. The molecule has 30 heavy (non-hydrogen) atoms. The van der Waals surface area contributed by atoms with Crippen molar-refractivity contribution in [2.24, 2.45) is 5.92 Å². The first-order valence-electron chi connectivity index (χ1n) is 11.0. The van der Waals surface area contributed by atoms with Crippen LogP contribution in [-0.4, -0.2) is 82.1 Å². The molecule has 0 bridgehead atoms. The second-order valence-electron chi connectivity index (χ2n) is 8.74. The number of rotatable bonds is 6. The molecule has 166 valence electrons. The number of piperazine rings is 1. The number of carbonyl (C=O) groups excluding carboxylic acids is 2. The molecule has 2 fully saturated rings. The highest BCUT2D eigenvalue weighted by molar-refractivity contribution is 6.31. The van der Waals surface area contributed by atoms with Gasteiger partial charge in [0.1, 0.15) is 5.15 Å². The van der Waals surface area contributed by atoms with Gasteiger partial charge in [0.15, 0.2) is 0 Å². The average molecular weight is 436 g/mol. The Hall–Kier alpha value is -1.86. The minimum Gasteiger partial charge on any atom is -0.342 e. The lowest BCUT2D eigenvalue weighted by Crippen LogP contribution is -2.51. The Morgan fingerprint density at radius 3 is 2.33 bits per heavy atom. The van der Waals surface area contributed by atoms with Gasteiger partial charge in [0, 0.05) is 57.5 Å². The molecule has 3 heterocycles. The number of aromatic nitrogens is 2. The second kappa shape index (κ2) is 10.4. The normalized spacial score (nSPS) is 18.6. The molecule has 3 rings (SSSR count). The first-order valence-corrected chi connectivity index (χ1v) is 11.4. The van der Waals surface area contributed by atoms with Crippen molar-refractivity contribution >= 4 is 29.5 Å². The number of likely N-dealkylation sites (tertiary alicyclic amines) is 1. The van der Waals surface area contributed by atoms with Crippen LogP contribution in [0.4, 0.5) is 0 Å². The van der Waals surface area contributed by atoms with Crippen molar-refractivity contribution in [3.05, 3.63) is 22.5 Å². The summed E-state index contributed by atoms with van der Waals surface area (Å²) >= 11 is 6.46. The summed E-state index contributed by atoms with van der Waals surface area (Å²) in [5.74, 6) is 0.639. The molecule has 2 amide bonds. The van der Waals surface area contributed by atoms with Gasteiger partial charge in [-0.3, -0.25) is 19.2 Å². The molecule has 1 aromatic rings. The van der Waals surface area contributed by atoms with E-state index in [4.69, 9.17) is 11.6 Å². The highest BCUT2D eigenvalue weighted by Crippen LogP contribution is 2.22. The molecule has 2 saturated heterocycles. The molecular formula is C22H34ClN5O2. The Balaban J connectivity index is 1.49. The summed E-state index contributed by atoms with van der Waals surface area (Å²) in [7, 11) is 0. The number of piperidine rings is 1. The molecule has 7 nitrogen and oxygen atoms in total. The molecule has 0 aliphatic carbocycles. The fourth-order valence-electron chi connectivity index (χ4n) is 4.04. The molecule has 1 aromatic heterocycles. The van der Waals surface area contributed by atoms with Gasteiger partial charge in [-0.1, -0.05) is 25.4 Å². The highest BCUT2D eigenvalue weighted by Gasteiger charge is 2.24. The zero-order valence-corrected chi connectivity index (χ0v) is 19.2. The van der Waals surface area contributed by atoms with E-state index in [0.717, 1.165) is 56.8 Å². The van der Waals surface area contributed by atoms with Crippen LogP contribution < -0.4 is 0 Å². The third kappa shape index (κ3) is 5.85. The van der Waals surface area contributed by atoms with E-state index in [1.165, 1.54) is 6.42 Å². The van der Waals surface area contributed by atoms with Crippen LogP contribution in [0.1, 0.15) is 44.4 Å². The zero-order chi connectivity index (χ0) is 21.7. The van der Waals surface area contributed by atoms with Gasteiger partial charge in [0.2, 0.25) is 11.8 Å². The molecule has 0 atom stereocenters. The molecule has 2 aliphatic rings. The summed E-state index contributed by atoms with van der Waals surface area (Å²) in [6.45, 7) is 11.8. The zero-order valence-electron chi connectivity index (χ0n) is 18.4. The predicted octanol–water partition coefficient (Wildman–Crippen LogP) is 2.67. The summed E-state index contributed by atoms with van der Waals surface area (Å²) in [5.41, 5.74) is 1.63. The van der Waals surface area contributed by atoms with Crippen LogP contribution in [0.15, 0.2) is 6.08 Å². The molecule has 0 saturated carbocycles. The lowest BCUT2D eigenvalue weighted by atomic mass is 10.1. The summed E-state index contributed by atoms with van der Waals surface area (Å²) in [5, 5.41) is 5.06. The lowest BCUT2D eigenvalue weighted by Gasteiger charge is -2.35. The molecule has 0 unspecified atom stereocenters. The van der Waals surface area contributed by atoms with Gasteiger partial charge < -0.3 is 9.80 Å². The monoisotopic (exact) mass is 435 g/mol. The summed E-state index contributed by atoms with van der Waals surface area (Å²) < 4.78 is 1.80. The minimum atomic E-state index is -0.0240. The maximum Gasteiger partial charge on any atom is 0.246 e. The topological polar surface area (TPSA) is 61.7 Å². The molecule has 8 heteroatoms. The van der Waals surface area contributed by atoms with Gasteiger partial charge in [0.25, 0.3) is 0 Å². The van der Waals surface area contributed by atoms with E-state index in [0.29, 0.717) is 30.7 Å². The van der Waals surface area contributed by atoms with Crippen molar-refractivity contribution < 1.29 is 9.59 Å². The molecule has 0 aromatic carbocycles. The van der Waals surface area contributed by atoms with E-state index in [-0.39, 0.29) is 11.8 Å². The van der Waals surface area contributed by atoms with Crippen molar-refractivity contribution in [1.29, 1.82) is 0 Å². The maximum absolute atomic E-state index is 12.6. The van der Waals surface area contributed by atoms with Crippen LogP contribution in [0.3, 0.4) is 0 Å². The third-order valence-electron chi connectivity index (χ3n) is 5.79. The van der Waals surface area contributed by atoms with E-state index in [1.54, 1.807) is 16.8 Å². The number of amides is 2. The Bertz CT molecular complexity index is 775. The Kier molecular flexibility index (Phi) is 7.94. The summed E-state index contributed by atoms with van der Waals surface area (Å²) in [6.07, 6.45) is 6.81. The van der Waals surface area contributed by atoms with Crippen molar-refractivity contribution in [2.75, 3.05) is 45.8 Å². The summed E-state index contributed by atoms with van der Waals surface area (Å²) in [4.78, 5) is 31.0. The van der Waals surface area contributed by atoms with Crippen LogP contribution in [0, 0.1) is 12.8 Å². The van der Waals surface area contributed by atoms with E-state index >= 15 is 0 Å². The fourth-order valence-corrected chi connectivity index (χ4v) is 4.35. The molecule has 0 spiro atoms.